The van der Waals surface area contributed by atoms with E-state index in [9.17, 15) is 20.1 Å². The van der Waals surface area contributed by atoms with Gasteiger partial charge in [0.1, 0.15) is 30.6 Å². The van der Waals surface area contributed by atoms with Crippen molar-refractivity contribution >= 4 is 5.91 Å². The molecule has 4 N–H and O–H groups in total. The number of aliphatic hydroxyl groups is 3. The maximum atomic E-state index is 13.0. The SMILES string of the molecule is CCC(C)/C=C/[C@@H](O)[C@H](O)[C@@H](O)[C@@H](OC)C(=O)N[C@H]1CCCCN(Cc2ccccc2)C2O[C@@H]21. The standard InChI is InChI=1S/C26H40N2O6/c1-4-17(2)13-14-20(29)21(30)22(31)24(33-3)25(32)27-19-12-8-9-15-28(26-23(19)34-26)16-18-10-6-5-7-11-18/h5-7,10-11,13-14,17,19-24,26,29-31H,4,8-9,12,15-16H2,1-3H3,(H,27,32)/b14-13+/t17?,19-,20+,21-,22+,23+,24+,26?/m0/s1. The van der Waals surface area contributed by atoms with Crippen molar-refractivity contribution in [3.05, 3.63) is 48.0 Å². The van der Waals surface area contributed by atoms with Crippen LogP contribution in [0.1, 0.15) is 45.1 Å². The van der Waals surface area contributed by atoms with E-state index in [4.69, 9.17) is 9.47 Å². The van der Waals surface area contributed by atoms with Crippen LogP contribution < -0.4 is 5.32 Å². The first-order chi connectivity index (χ1) is 16.3. The number of nitrogens with zero attached hydrogens (tertiary/aromatic N) is 1. The largest absolute Gasteiger partial charge is 0.387 e. The summed E-state index contributed by atoms with van der Waals surface area (Å²) in [5.41, 5.74) is 1.22. The molecule has 2 fully saturated rings. The molecule has 1 aromatic carbocycles. The number of fused-ring (bicyclic) bond motifs is 1. The van der Waals surface area contributed by atoms with Crippen LogP contribution in [0.15, 0.2) is 42.5 Å². The summed E-state index contributed by atoms with van der Waals surface area (Å²) in [4.78, 5) is 15.3. The maximum Gasteiger partial charge on any atom is 0.252 e. The van der Waals surface area contributed by atoms with Crippen LogP contribution in [0.2, 0.25) is 0 Å². The minimum atomic E-state index is -1.58. The molecule has 2 aliphatic heterocycles. The minimum absolute atomic E-state index is 0.0603. The molecule has 1 amide bonds. The molecule has 2 aliphatic rings. The number of hydrogen-bond donors (Lipinski definition) is 4. The summed E-state index contributed by atoms with van der Waals surface area (Å²) in [6, 6.07) is 10.0. The topological polar surface area (TPSA) is 115 Å². The van der Waals surface area contributed by atoms with Gasteiger partial charge in [-0.15, -0.1) is 0 Å². The monoisotopic (exact) mass is 476 g/mol. The summed E-state index contributed by atoms with van der Waals surface area (Å²) in [5.74, 6) is -0.297. The Kier molecular flexibility index (Phi) is 10.1. The number of allylic oxidation sites excluding steroid dienone is 1. The molecule has 2 unspecified atom stereocenters. The lowest BCUT2D eigenvalue weighted by Crippen LogP contribution is -2.54. The van der Waals surface area contributed by atoms with Crippen LogP contribution in [-0.2, 0) is 20.8 Å². The second-order valence-electron chi connectivity index (χ2n) is 9.46. The van der Waals surface area contributed by atoms with Crippen LogP contribution >= 0.6 is 0 Å². The smallest absolute Gasteiger partial charge is 0.252 e. The Morgan fingerprint density at radius 3 is 2.62 bits per heavy atom. The van der Waals surface area contributed by atoms with Gasteiger partial charge >= 0.3 is 0 Å². The van der Waals surface area contributed by atoms with Crippen LogP contribution in [0.25, 0.3) is 0 Å². The summed E-state index contributed by atoms with van der Waals surface area (Å²) in [6.45, 7) is 5.73. The summed E-state index contributed by atoms with van der Waals surface area (Å²) in [6.07, 6.45) is 0.866. The first-order valence-electron chi connectivity index (χ1n) is 12.3. The fourth-order valence-corrected chi connectivity index (χ4v) is 4.42. The predicted molar refractivity (Wildman–Crippen MR) is 129 cm³/mol. The van der Waals surface area contributed by atoms with Gasteiger partial charge in [-0.2, -0.15) is 0 Å². The third-order valence-electron chi connectivity index (χ3n) is 6.83. The molecular formula is C26H40N2O6. The zero-order valence-electron chi connectivity index (χ0n) is 20.4. The number of hydrogen-bond acceptors (Lipinski definition) is 7. The van der Waals surface area contributed by atoms with E-state index >= 15 is 0 Å². The Morgan fingerprint density at radius 2 is 1.94 bits per heavy atom. The van der Waals surface area contributed by atoms with Crippen molar-refractivity contribution in [1.82, 2.24) is 10.2 Å². The van der Waals surface area contributed by atoms with Crippen LogP contribution in [0.3, 0.4) is 0 Å². The molecule has 34 heavy (non-hydrogen) atoms. The lowest BCUT2D eigenvalue weighted by Gasteiger charge is -2.29. The van der Waals surface area contributed by atoms with Gasteiger partial charge < -0.3 is 30.1 Å². The Labute approximate surface area is 202 Å². The number of methoxy groups -OCH3 is 1. The molecule has 0 aromatic heterocycles. The van der Waals surface area contributed by atoms with E-state index < -0.39 is 30.3 Å². The molecule has 8 atom stereocenters. The number of nitrogens with one attached hydrogen (secondary N) is 1. The van der Waals surface area contributed by atoms with E-state index in [2.05, 4.69) is 22.3 Å². The van der Waals surface area contributed by atoms with Crippen molar-refractivity contribution in [1.29, 1.82) is 0 Å². The fourth-order valence-electron chi connectivity index (χ4n) is 4.42. The Hall–Kier alpha value is -1.81. The predicted octanol–water partition coefficient (Wildman–Crippen LogP) is 1.58. The third-order valence-corrected chi connectivity index (χ3v) is 6.83. The molecular weight excluding hydrogens is 436 g/mol. The molecule has 0 radical (unpaired) electrons. The number of aliphatic hydroxyl groups excluding tert-OH is 3. The molecule has 0 aliphatic carbocycles. The van der Waals surface area contributed by atoms with Crippen molar-refractivity contribution in [2.75, 3.05) is 13.7 Å². The lowest BCUT2D eigenvalue weighted by molar-refractivity contribution is -0.149. The van der Waals surface area contributed by atoms with Crippen LogP contribution in [0.5, 0.6) is 0 Å². The number of amides is 1. The molecule has 2 saturated heterocycles. The summed E-state index contributed by atoms with van der Waals surface area (Å²) in [7, 11) is 1.30. The van der Waals surface area contributed by atoms with Gasteiger partial charge in [0.25, 0.3) is 5.91 Å². The maximum absolute atomic E-state index is 13.0. The normalized spacial score (nSPS) is 27.6. The van der Waals surface area contributed by atoms with Gasteiger partial charge in [-0.1, -0.05) is 69.2 Å². The molecule has 190 valence electrons. The summed E-state index contributed by atoms with van der Waals surface area (Å²) < 4.78 is 11.2. The Morgan fingerprint density at radius 1 is 1.21 bits per heavy atom. The van der Waals surface area contributed by atoms with Gasteiger partial charge in [-0.25, -0.2) is 0 Å². The van der Waals surface area contributed by atoms with Crippen LogP contribution in [0.4, 0.5) is 0 Å². The second-order valence-corrected chi connectivity index (χ2v) is 9.46. The van der Waals surface area contributed by atoms with E-state index in [1.54, 1.807) is 6.08 Å². The molecule has 0 bridgehead atoms. The number of ether oxygens (including phenoxy) is 2. The second kappa shape index (κ2) is 12.8. The highest BCUT2D eigenvalue weighted by atomic mass is 16.6. The van der Waals surface area contributed by atoms with E-state index in [-0.39, 0.29) is 24.3 Å². The van der Waals surface area contributed by atoms with Crippen molar-refractivity contribution in [2.24, 2.45) is 5.92 Å². The average molecular weight is 477 g/mol. The Bertz CT molecular complexity index is 791. The van der Waals surface area contributed by atoms with Gasteiger partial charge in [0.15, 0.2) is 6.10 Å². The number of carbonyl (C=O) groups excluding carboxylic acids is 1. The number of benzene rings is 1. The molecule has 2 heterocycles. The van der Waals surface area contributed by atoms with E-state index in [0.717, 1.165) is 38.8 Å². The zero-order valence-corrected chi connectivity index (χ0v) is 20.4. The molecule has 1 aromatic rings. The summed E-state index contributed by atoms with van der Waals surface area (Å²) in [5, 5.41) is 34.2. The zero-order chi connectivity index (χ0) is 24.7. The molecule has 0 saturated carbocycles. The van der Waals surface area contributed by atoms with E-state index in [1.165, 1.54) is 18.7 Å². The minimum Gasteiger partial charge on any atom is -0.387 e. The van der Waals surface area contributed by atoms with Crippen molar-refractivity contribution in [3.8, 4) is 0 Å². The molecule has 8 heteroatoms. The highest BCUT2D eigenvalue weighted by Crippen LogP contribution is 2.34. The quantitative estimate of drug-likeness (QED) is 0.283. The van der Waals surface area contributed by atoms with Gasteiger partial charge in [0.2, 0.25) is 0 Å². The molecule has 8 nitrogen and oxygen atoms in total. The van der Waals surface area contributed by atoms with Gasteiger partial charge in [-0.05, 0) is 24.3 Å². The third kappa shape index (κ3) is 7.10. The average Bonchev–Trinajstić information content (AvgIpc) is 3.63. The number of carbonyl (C=O) groups is 1. The molecule has 3 rings (SSSR count). The van der Waals surface area contributed by atoms with Crippen molar-refractivity contribution in [3.63, 3.8) is 0 Å². The fraction of sp³-hybridized carbons (Fsp3) is 0.654. The van der Waals surface area contributed by atoms with Gasteiger partial charge in [-0.3, -0.25) is 9.69 Å². The van der Waals surface area contributed by atoms with Crippen LogP contribution in [-0.4, -0.2) is 82.6 Å². The van der Waals surface area contributed by atoms with Gasteiger partial charge in [0.05, 0.1) is 6.04 Å². The number of epoxide rings is 1. The number of rotatable bonds is 11. The lowest BCUT2D eigenvalue weighted by atomic mass is 9.98. The summed E-state index contributed by atoms with van der Waals surface area (Å²) >= 11 is 0. The van der Waals surface area contributed by atoms with E-state index in [1.807, 2.05) is 32.0 Å². The number of likely N-dealkylation sites (tertiary alicyclic amines) is 1. The highest BCUT2D eigenvalue weighted by molar-refractivity contribution is 5.82. The highest BCUT2D eigenvalue weighted by Gasteiger charge is 2.50. The van der Waals surface area contributed by atoms with Gasteiger partial charge in [0, 0.05) is 20.2 Å². The first kappa shape index (κ1) is 26.8. The van der Waals surface area contributed by atoms with Crippen LogP contribution in [0, 0.1) is 5.92 Å². The van der Waals surface area contributed by atoms with Crippen molar-refractivity contribution in [2.45, 2.75) is 88.9 Å². The Balaban J connectivity index is 1.58. The first-order valence-corrected chi connectivity index (χ1v) is 12.3. The molecule has 0 spiro atoms. The van der Waals surface area contributed by atoms with E-state index in [0.29, 0.717) is 0 Å². The van der Waals surface area contributed by atoms with Crippen molar-refractivity contribution < 1.29 is 29.6 Å².